The first-order chi connectivity index (χ1) is 8.67. The van der Waals surface area contributed by atoms with Crippen LogP contribution in [0.5, 0.6) is 0 Å². The van der Waals surface area contributed by atoms with Crippen LogP contribution in [0, 0.1) is 5.82 Å². The molecule has 0 N–H and O–H groups in total. The highest BCUT2D eigenvalue weighted by atomic mass is 32.1. The molecule has 0 aromatic heterocycles. The molecule has 20 heavy (non-hydrogen) atoms. The van der Waals surface area contributed by atoms with Crippen molar-refractivity contribution in [2.24, 2.45) is 0 Å². The summed E-state index contributed by atoms with van der Waals surface area (Å²) in [6.07, 6.45) is 0. The van der Waals surface area contributed by atoms with E-state index in [1.54, 1.807) is 0 Å². The largest absolute Gasteiger partial charge is 0.206 e. The molecule has 0 spiro atoms. The summed E-state index contributed by atoms with van der Waals surface area (Å²) in [5.74, 6) is -0.0944. The van der Waals surface area contributed by atoms with Crippen molar-refractivity contribution >= 4 is 12.6 Å². The Morgan fingerprint density at radius 3 is 1.45 bits per heavy atom. The molecule has 0 amide bonds. The Morgan fingerprint density at radius 1 is 0.750 bits per heavy atom. The maximum absolute atomic E-state index is 15.0. The third-order valence-electron chi connectivity index (χ3n) is 3.60. The molecular formula is C18H29FS. The first-order valence-corrected chi connectivity index (χ1v) is 7.69. The summed E-state index contributed by atoms with van der Waals surface area (Å²) >= 11 is 4.67. The first-order valence-electron chi connectivity index (χ1n) is 7.24. The molecule has 1 aromatic rings. The van der Waals surface area contributed by atoms with Gasteiger partial charge in [-0.05, 0) is 27.4 Å². The van der Waals surface area contributed by atoms with Gasteiger partial charge in [-0.15, -0.1) is 12.6 Å². The van der Waals surface area contributed by atoms with Crippen LogP contribution in [-0.2, 0) is 16.2 Å². The lowest BCUT2D eigenvalue weighted by Crippen LogP contribution is -2.25. The molecule has 0 heterocycles. The summed E-state index contributed by atoms with van der Waals surface area (Å²) in [7, 11) is 0. The van der Waals surface area contributed by atoms with Crippen LogP contribution < -0.4 is 0 Å². The molecule has 0 radical (unpaired) electrons. The zero-order valence-corrected chi connectivity index (χ0v) is 15.3. The van der Waals surface area contributed by atoms with E-state index in [4.69, 9.17) is 0 Å². The van der Waals surface area contributed by atoms with Crippen LogP contribution in [0.1, 0.15) is 79.0 Å². The molecule has 0 aliphatic rings. The van der Waals surface area contributed by atoms with Gasteiger partial charge in [-0.2, -0.15) is 0 Å². The van der Waals surface area contributed by atoms with Gasteiger partial charge in [0.1, 0.15) is 5.82 Å². The van der Waals surface area contributed by atoms with Crippen LogP contribution in [0.3, 0.4) is 0 Å². The van der Waals surface area contributed by atoms with Crippen molar-refractivity contribution in [1.29, 1.82) is 0 Å². The first kappa shape index (κ1) is 17.6. The maximum atomic E-state index is 15.0. The van der Waals surface area contributed by atoms with Crippen molar-refractivity contribution in [1.82, 2.24) is 0 Å². The van der Waals surface area contributed by atoms with Crippen LogP contribution in [0.25, 0.3) is 0 Å². The molecule has 114 valence electrons. The van der Waals surface area contributed by atoms with E-state index in [9.17, 15) is 0 Å². The smallest absolute Gasteiger partial charge is 0.131 e. The Morgan fingerprint density at radius 2 is 1.15 bits per heavy atom. The summed E-state index contributed by atoms with van der Waals surface area (Å²) in [6.45, 7) is 18.8. The van der Waals surface area contributed by atoms with Gasteiger partial charge in [0.15, 0.2) is 0 Å². The third kappa shape index (κ3) is 3.39. The van der Waals surface area contributed by atoms with Gasteiger partial charge < -0.3 is 0 Å². The van der Waals surface area contributed by atoms with E-state index in [-0.39, 0.29) is 22.1 Å². The van der Waals surface area contributed by atoms with Gasteiger partial charge in [0.05, 0.1) is 0 Å². The highest BCUT2D eigenvalue weighted by Gasteiger charge is 2.32. The topological polar surface area (TPSA) is 0 Å². The van der Waals surface area contributed by atoms with Gasteiger partial charge >= 0.3 is 0 Å². The molecule has 1 aromatic carbocycles. The van der Waals surface area contributed by atoms with Crippen molar-refractivity contribution < 1.29 is 4.39 Å². The van der Waals surface area contributed by atoms with E-state index >= 15 is 4.39 Å². The number of hydrogen-bond donors (Lipinski definition) is 1. The average Bonchev–Trinajstić information content (AvgIpc) is 2.10. The van der Waals surface area contributed by atoms with Gasteiger partial charge in [-0.25, -0.2) is 4.39 Å². The van der Waals surface area contributed by atoms with Crippen molar-refractivity contribution in [3.05, 3.63) is 28.6 Å². The fourth-order valence-corrected chi connectivity index (χ4v) is 3.28. The maximum Gasteiger partial charge on any atom is 0.131 e. The minimum atomic E-state index is -0.261. The Kier molecular flexibility index (Phi) is 4.43. The van der Waals surface area contributed by atoms with Gasteiger partial charge in [0, 0.05) is 10.5 Å². The fourth-order valence-electron chi connectivity index (χ4n) is 2.45. The van der Waals surface area contributed by atoms with Gasteiger partial charge in [-0.3, -0.25) is 0 Å². The fraction of sp³-hybridized carbons (Fsp3) is 0.667. The van der Waals surface area contributed by atoms with E-state index in [0.717, 1.165) is 21.6 Å². The zero-order chi connectivity index (χ0) is 16.1. The predicted molar refractivity (Wildman–Crippen MR) is 89.8 cm³/mol. The molecule has 2 heteroatoms. The number of halogens is 1. The molecule has 0 atom stereocenters. The van der Waals surface area contributed by atoms with Crippen molar-refractivity contribution in [2.45, 2.75) is 83.5 Å². The molecule has 0 bridgehead atoms. The van der Waals surface area contributed by atoms with Crippen molar-refractivity contribution in [3.8, 4) is 0 Å². The van der Waals surface area contributed by atoms with E-state index in [0.29, 0.717) is 0 Å². The van der Waals surface area contributed by atoms with Crippen LogP contribution in [0.2, 0.25) is 0 Å². The highest BCUT2D eigenvalue weighted by Crippen LogP contribution is 2.42. The summed E-state index contributed by atoms with van der Waals surface area (Å²) < 4.78 is 15.0. The molecule has 0 aliphatic heterocycles. The molecule has 0 nitrogen and oxygen atoms in total. The van der Waals surface area contributed by atoms with Gasteiger partial charge in [0.25, 0.3) is 0 Å². The molecule has 0 aliphatic carbocycles. The number of hydrogen-bond acceptors (Lipinski definition) is 1. The van der Waals surface area contributed by atoms with E-state index in [1.165, 1.54) is 0 Å². The van der Waals surface area contributed by atoms with E-state index < -0.39 is 0 Å². The highest BCUT2D eigenvalue weighted by molar-refractivity contribution is 7.80. The normalized spacial score (nSPS) is 13.8. The Hall–Kier alpha value is -0.500. The number of thiol groups is 1. The van der Waals surface area contributed by atoms with Crippen LogP contribution in [0.4, 0.5) is 4.39 Å². The summed E-state index contributed by atoms with van der Waals surface area (Å²) in [6, 6.07) is 2.01. The second kappa shape index (κ2) is 5.05. The molecule has 1 rings (SSSR count). The van der Waals surface area contributed by atoms with Crippen molar-refractivity contribution in [3.63, 3.8) is 0 Å². The molecular weight excluding hydrogens is 267 g/mol. The summed E-state index contributed by atoms with van der Waals surface area (Å²) in [5.41, 5.74) is 2.11. The van der Waals surface area contributed by atoms with Gasteiger partial charge in [0.2, 0.25) is 0 Å². The quantitative estimate of drug-likeness (QED) is 0.557. The van der Waals surface area contributed by atoms with Crippen LogP contribution in [-0.4, -0.2) is 0 Å². The van der Waals surface area contributed by atoms with E-state index in [2.05, 4.69) is 54.2 Å². The average molecular weight is 296 g/mol. The second-order valence-electron chi connectivity index (χ2n) is 8.76. The second-order valence-corrected chi connectivity index (χ2v) is 9.21. The lowest BCUT2D eigenvalue weighted by Gasteiger charge is -2.32. The molecule has 0 fully saturated rings. The standard InChI is InChI=1S/C18H29FS/c1-16(2,3)11-10-12(17(4,5)6)15(20)13(14(11)19)18(7,8)9/h10,20H,1-9H3. The molecule has 0 unspecified atom stereocenters. The van der Waals surface area contributed by atoms with Crippen molar-refractivity contribution in [2.75, 3.05) is 0 Å². The number of benzene rings is 1. The van der Waals surface area contributed by atoms with Crippen LogP contribution in [0.15, 0.2) is 11.0 Å². The third-order valence-corrected chi connectivity index (χ3v) is 4.07. The Labute approximate surface area is 129 Å². The number of rotatable bonds is 0. The minimum absolute atomic E-state index is 0.0508. The SMILES string of the molecule is CC(C)(C)c1cc(C(C)(C)C)c(S)c(C(C)(C)C)c1F. The lowest BCUT2D eigenvalue weighted by molar-refractivity contribution is 0.462. The monoisotopic (exact) mass is 296 g/mol. The Bertz CT molecular complexity index is 470. The minimum Gasteiger partial charge on any atom is -0.206 e. The zero-order valence-electron chi connectivity index (χ0n) is 14.4. The van der Waals surface area contributed by atoms with Crippen LogP contribution >= 0.6 is 12.6 Å². The van der Waals surface area contributed by atoms with Gasteiger partial charge in [-0.1, -0.05) is 68.4 Å². The predicted octanol–water partition coefficient (Wildman–Crippen LogP) is 6.01. The lowest BCUT2D eigenvalue weighted by atomic mass is 9.75. The Balaban J connectivity index is 3.86. The summed E-state index contributed by atoms with van der Waals surface area (Å²) in [4.78, 5) is 0.801. The molecule has 0 saturated carbocycles. The molecule has 0 saturated heterocycles. The summed E-state index contributed by atoms with van der Waals surface area (Å²) in [5, 5.41) is 0. The van der Waals surface area contributed by atoms with E-state index in [1.807, 2.05) is 26.8 Å².